The fourth-order valence-electron chi connectivity index (χ4n) is 0.0421. The van der Waals surface area contributed by atoms with E-state index < -0.39 is 0 Å². The first kappa shape index (κ1) is 5.65. The molecule has 0 atom stereocenters. The summed E-state index contributed by atoms with van der Waals surface area (Å²) in [7, 11) is 0. The summed E-state index contributed by atoms with van der Waals surface area (Å²) in [5.74, 6) is 0. The van der Waals surface area contributed by atoms with Crippen molar-refractivity contribution in [1.82, 2.24) is 0 Å². The molecule has 0 heterocycles. The average molecular weight is 262 g/mol. The number of hydrogen-bond acceptors (Lipinski definition) is 2. The van der Waals surface area contributed by atoms with Gasteiger partial charge in [0, 0.05) is 0 Å². The zero-order valence-corrected chi connectivity index (χ0v) is 5.01. The Balaban J connectivity index is 3.26. The van der Waals surface area contributed by atoms with Gasteiger partial charge in [-0.2, -0.15) is 0 Å². The van der Waals surface area contributed by atoms with Gasteiger partial charge in [0.05, 0.1) is 0 Å². The predicted octanol–water partition coefficient (Wildman–Crippen LogP) is 0.579. The van der Waals surface area contributed by atoms with Crippen molar-refractivity contribution in [3.63, 3.8) is 0 Å². The summed E-state index contributed by atoms with van der Waals surface area (Å²) >= 11 is 1.68. The fraction of sp³-hybridized carbons (Fsp3) is 0. The van der Waals surface area contributed by atoms with Crippen LogP contribution in [0.25, 0.3) is 4.85 Å². The van der Waals surface area contributed by atoms with Crippen molar-refractivity contribution in [1.29, 1.82) is 0 Å². The second kappa shape index (κ2) is 4.65. The van der Waals surface area contributed by atoms with Crippen molar-refractivity contribution >= 4 is 6.34 Å². The van der Waals surface area contributed by atoms with Crippen LogP contribution >= 0.6 is 0 Å². The number of hydrogen-bond donors (Lipinski definition) is 0. The van der Waals surface area contributed by atoms with Gasteiger partial charge < -0.3 is 0 Å². The van der Waals surface area contributed by atoms with Crippen LogP contribution in [0.15, 0.2) is 8.71 Å². The first-order chi connectivity index (χ1) is 2.91. The summed E-state index contributed by atoms with van der Waals surface area (Å²) in [4.78, 5) is 2.79. The van der Waals surface area contributed by atoms with Crippen LogP contribution in [0.3, 0.4) is 0 Å². The van der Waals surface area contributed by atoms with Crippen LogP contribution < -0.4 is 0 Å². The van der Waals surface area contributed by atoms with Gasteiger partial charge in [0.1, 0.15) is 0 Å². The van der Waals surface area contributed by atoms with Gasteiger partial charge in [-0.25, -0.2) is 0 Å². The van der Waals surface area contributed by atoms with E-state index in [0.29, 0.717) is 0 Å². The summed E-state index contributed by atoms with van der Waals surface area (Å²) in [6.07, 6.45) is 1.05. The molecule has 0 saturated carbocycles. The zero-order chi connectivity index (χ0) is 4.83. The molecule has 0 amide bonds. The molecule has 0 unspecified atom stereocenters. The van der Waals surface area contributed by atoms with Crippen molar-refractivity contribution in [3.8, 4) is 0 Å². The molecule has 0 bridgehead atoms. The van der Waals surface area contributed by atoms with Gasteiger partial charge in [0.2, 0.25) is 0 Å². The van der Waals surface area contributed by atoms with Crippen LogP contribution in [0, 0.1) is 6.57 Å². The van der Waals surface area contributed by atoms with Gasteiger partial charge in [-0.3, -0.25) is 0 Å². The van der Waals surface area contributed by atoms with E-state index in [4.69, 9.17) is 6.57 Å². The van der Waals surface area contributed by atoms with Gasteiger partial charge in [0.15, 0.2) is 0 Å². The van der Waals surface area contributed by atoms with Crippen molar-refractivity contribution < 1.29 is 19.6 Å². The second-order valence-electron chi connectivity index (χ2n) is 0.423. The molecule has 0 aromatic rings. The molecule has 3 nitrogen and oxygen atoms in total. The molecule has 0 fully saturated rings. The summed E-state index contributed by atoms with van der Waals surface area (Å²) in [6.45, 7) is 6.12. The van der Waals surface area contributed by atoms with Crippen molar-refractivity contribution in [2.45, 2.75) is 0 Å². The third-order valence-corrected chi connectivity index (χ3v) is 0.408. The average Bonchev–Trinajstić information content (AvgIpc) is 1.61. The molecule has 6 heavy (non-hydrogen) atoms. The van der Waals surface area contributed by atoms with Crippen molar-refractivity contribution in [2.75, 3.05) is 0 Å². The Morgan fingerprint density at radius 1 is 1.83 bits per heavy atom. The number of nitrogens with zero attached hydrogens (tertiary/aromatic N) is 3. The number of rotatable bonds is 1. The summed E-state index contributed by atoms with van der Waals surface area (Å²) < 4.78 is 3.25. The molecule has 0 aromatic carbocycles. The normalized spacial score (nSPS) is 8.17. The minimum absolute atomic E-state index is 1.05. The van der Waals surface area contributed by atoms with E-state index in [2.05, 4.69) is 13.6 Å². The van der Waals surface area contributed by atoms with E-state index >= 15 is 0 Å². The van der Waals surface area contributed by atoms with Crippen molar-refractivity contribution in [3.05, 3.63) is 11.4 Å². The van der Waals surface area contributed by atoms with E-state index in [9.17, 15) is 0 Å². The molecule has 34 valence electrons. The first-order valence-electron chi connectivity index (χ1n) is 1.08. The predicted molar refractivity (Wildman–Crippen MR) is 17.5 cm³/mol. The minimum atomic E-state index is 1.05. The van der Waals surface area contributed by atoms with Gasteiger partial charge in [0.25, 0.3) is 0 Å². The van der Waals surface area contributed by atoms with Gasteiger partial charge in [-0.15, -0.1) is 0 Å². The molecule has 0 aliphatic carbocycles. The van der Waals surface area contributed by atoms with E-state index in [1.807, 2.05) is 0 Å². The van der Waals surface area contributed by atoms with Gasteiger partial charge >= 0.3 is 46.1 Å². The van der Waals surface area contributed by atoms with Crippen LogP contribution in [0.2, 0.25) is 0 Å². The zero-order valence-electron chi connectivity index (χ0n) is 2.74. The summed E-state index contributed by atoms with van der Waals surface area (Å²) in [5.41, 5.74) is 0. The van der Waals surface area contributed by atoms with E-state index in [-0.39, 0.29) is 0 Å². The van der Waals surface area contributed by atoms with Gasteiger partial charge in [-0.05, 0) is 0 Å². The molecule has 0 saturated heterocycles. The van der Waals surface area contributed by atoms with Crippen LogP contribution in [0.4, 0.5) is 0 Å². The van der Waals surface area contributed by atoms with E-state index in [0.717, 1.165) is 6.34 Å². The molecule has 4 heteroatoms. The Hall–Kier alpha value is -0.352. The summed E-state index contributed by atoms with van der Waals surface area (Å²) in [6, 6.07) is 0. The topological polar surface area (TPSA) is 29.1 Å². The molecule has 0 rings (SSSR count). The summed E-state index contributed by atoms with van der Waals surface area (Å²) in [5, 5.41) is 3.22. The molecule has 0 N–H and O–H groups in total. The maximum atomic E-state index is 6.12. The third kappa shape index (κ3) is 3.65. The molecular weight excluding hydrogens is 261 g/mol. The van der Waals surface area contributed by atoms with E-state index in [1.165, 1.54) is 0 Å². The Bertz CT molecular complexity index is 99.9. The van der Waals surface area contributed by atoms with Crippen LogP contribution in [0.1, 0.15) is 0 Å². The maximum absolute atomic E-state index is 6.12. The Morgan fingerprint density at radius 3 is 2.67 bits per heavy atom. The van der Waals surface area contributed by atoms with Crippen LogP contribution in [-0.4, -0.2) is 6.34 Å². The van der Waals surface area contributed by atoms with Gasteiger partial charge in [-0.1, -0.05) is 0 Å². The van der Waals surface area contributed by atoms with Crippen molar-refractivity contribution in [2.24, 2.45) is 8.71 Å². The van der Waals surface area contributed by atoms with E-state index in [1.54, 1.807) is 19.6 Å². The molecule has 0 radical (unpaired) electrons. The fourth-order valence-corrected chi connectivity index (χ4v) is 0.159. The monoisotopic (exact) mass is 262 g/mol. The Kier molecular flexibility index (Phi) is 4.38. The Labute approximate surface area is 46.6 Å². The molecular formula is C2HN3Pt. The van der Waals surface area contributed by atoms with Crippen LogP contribution in [0.5, 0.6) is 0 Å². The second-order valence-corrected chi connectivity index (χ2v) is 0.878. The standard InChI is InChI=1S/C2HN3.Pt/c1-4-2-5-3;/h2H;/b5-2+;. The first-order valence-corrected chi connectivity index (χ1v) is 2.10. The Morgan fingerprint density at radius 2 is 2.50 bits per heavy atom. The molecule has 0 spiro atoms. The molecule has 0 aliphatic heterocycles. The molecule has 0 aromatic heterocycles. The third-order valence-electron chi connectivity index (χ3n) is 0.146. The van der Waals surface area contributed by atoms with Crippen LogP contribution in [-0.2, 0) is 19.6 Å². The quantitative estimate of drug-likeness (QED) is 0.286. The SMILES string of the molecule is [C-]#[N+]/C=N/[N]=[Pt]. The molecule has 0 aliphatic rings.